The van der Waals surface area contributed by atoms with Gasteiger partial charge in [0.15, 0.2) is 0 Å². The summed E-state index contributed by atoms with van der Waals surface area (Å²) in [4.78, 5) is 2.42. The molecule has 0 amide bonds. The van der Waals surface area contributed by atoms with Gasteiger partial charge in [0.2, 0.25) is 0 Å². The predicted octanol–water partition coefficient (Wildman–Crippen LogP) is 3.79. The van der Waals surface area contributed by atoms with E-state index < -0.39 is 0 Å². The number of benzene rings is 1. The summed E-state index contributed by atoms with van der Waals surface area (Å²) in [5, 5.41) is 5.14. The number of aromatic nitrogens is 2. The Morgan fingerprint density at radius 1 is 1.20 bits per heavy atom. The lowest BCUT2D eigenvalue weighted by Crippen LogP contribution is -2.24. The normalized spacial score (nSPS) is 11.2. The van der Waals surface area contributed by atoms with Gasteiger partial charge in [0.1, 0.15) is 5.15 Å². The van der Waals surface area contributed by atoms with Gasteiger partial charge in [-0.15, -0.1) is 0 Å². The minimum Gasteiger partial charge on any atom is -0.295 e. The van der Waals surface area contributed by atoms with Crippen LogP contribution in [0.5, 0.6) is 0 Å². The minimum absolute atomic E-state index is 0.747. The maximum Gasteiger partial charge on any atom is 0.131 e. The van der Waals surface area contributed by atoms with Crippen molar-refractivity contribution in [2.75, 3.05) is 6.54 Å². The maximum atomic E-state index is 6.34. The fourth-order valence-electron chi connectivity index (χ4n) is 2.45. The predicted molar refractivity (Wildman–Crippen MR) is 83.8 cm³/mol. The largest absolute Gasteiger partial charge is 0.295 e. The van der Waals surface area contributed by atoms with Crippen molar-refractivity contribution in [1.29, 1.82) is 0 Å². The third-order valence-electron chi connectivity index (χ3n) is 3.44. The zero-order valence-corrected chi connectivity index (χ0v) is 13.2. The van der Waals surface area contributed by atoms with Crippen molar-refractivity contribution < 1.29 is 0 Å². The van der Waals surface area contributed by atoms with Crippen LogP contribution in [0.3, 0.4) is 0 Å². The molecule has 0 aliphatic heterocycles. The van der Waals surface area contributed by atoms with Crippen LogP contribution in [0.15, 0.2) is 30.3 Å². The average Bonchev–Trinajstić information content (AvgIpc) is 2.67. The van der Waals surface area contributed by atoms with Crippen LogP contribution in [-0.2, 0) is 20.1 Å². The summed E-state index contributed by atoms with van der Waals surface area (Å²) in [5.74, 6) is 0. The molecule has 2 rings (SSSR count). The van der Waals surface area contributed by atoms with E-state index in [2.05, 4.69) is 47.3 Å². The topological polar surface area (TPSA) is 21.1 Å². The average molecular weight is 292 g/mol. The number of rotatable bonds is 6. The molecule has 0 atom stereocenters. The highest BCUT2D eigenvalue weighted by Crippen LogP contribution is 2.21. The highest BCUT2D eigenvalue weighted by Gasteiger charge is 2.15. The summed E-state index contributed by atoms with van der Waals surface area (Å²) in [6.45, 7) is 7.07. The van der Waals surface area contributed by atoms with Crippen LogP contribution in [-0.4, -0.2) is 21.2 Å². The molecule has 4 heteroatoms. The first kappa shape index (κ1) is 15.1. The highest BCUT2D eigenvalue weighted by molar-refractivity contribution is 6.30. The number of hydrogen-bond acceptors (Lipinski definition) is 2. The van der Waals surface area contributed by atoms with E-state index in [1.807, 2.05) is 14.0 Å². The second-order valence-corrected chi connectivity index (χ2v) is 5.53. The molecule has 0 saturated heterocycles. The molecule has 108 valence electrons. The van der Waals surface area contributed by atoms with Gasteiger partial charge in [0.05, 0.1) is 5.69 Å². The first-order chi connectivity index (χ1) is 9.61. The quantitative estimate of drug-likeness (QED) is 0.807. The molecule has 3 nitrogen and oxygen atoms in total. The third kappa shape index (κ3) is 3.62. The van der Waals surface area contributed by atoms with E-state index in [4.69, 9.17) is 11.6 Å². The first-order valence-corrected chi connectivity index (χ1v) is 7.43. The van der Waals surface area contributed by atoms with E-state index >= 15 is 0 Å². The van der Waals surface area contributed by atoms with E-state index in [0.717, 1.165) is 42.5 Å². The van der Waals surface area contributed by atoms with Gasteiger partial charge in [0, 0.05) is 25.7 Å². The second kappa shape index (κ2) is 6.91. The van der Waals surface area contributed by atoms with Crippen molar-refractivity contribution in [3.05, 3.63) is 52.3 Å². The summed E-state index contributed by atoms with van der Waals surface area (Å²) in [7, 11) is 1.89. The molecule has 0 spiro atoms. The van der Waals surface area contributed by atoms with E-state index in [-0.39, 0.29) is 0 Å². The Bertz CT molecular complexity index is 548. The van der Waals surface area contributed by atoms with Crippen molar-refractivity contribution in [1.82, 2.24) is 14.7 Å². The standard InChI is InChI=1S/C16H22ClN3/c1-4-10-20(11-14-8-6-5-7-9-14)12-15-13(2)18-19(3)16(15)17/h5-9H,4,10-12H2,1-3H3. The van der Waals surface area contributed by atoms with Gasteiger partial charge in [-0.3, -0.25) is 9.58 Å². The van der Waals surface area contributed by atoms with Crippen LogP contribution in [0.2, 0.25) is 5.15 Å². The van der Waals surface area contributed by atoms with Crippen molar-refractivity contribution in [3.8, 4) is 0 Å². The Balaban J connectivity index is 2.13. The molecule has 0 fully saturated rings. The molecule has 1 aromatic heterocycles. The van der Waals surface area contributed by atoms with Gasteiger partial charge < -0.3 is 0 Å². The molecule has 20 heavy (non-hydrogen) atoms. The summed E-state index contributed by atoms with van der Waals surface area (Å²) in [6, 6.07) is 10.6. The Hall–Kier alpha value is -1.32. The van der Waals surface area contributed by atoms with Crippen LogP contribution < -0.4 is 0 Å². The third-order valence-corrected chi connectivity index (χ3v) is 3.91. The maximum absolute atomic E-state index is 6.34. The van der Waals surface area contributed by atoms with Crippen molar-refractivity contribution in [2.45, 2.75) is 33.4 Å². The Morgan fingerprint density at radius 3 is 2.45 bits per heavy atom. The molecule has 2 aromatic rings. The lowest BCUT2D eigenvalue weighted by molar-refractivity contribution is 0.257. The molecular weight excluding hydrogens is 270 g/mol. The number of nitrogens with zero attached hydrogens (tertiary/aromatic N) is 3. The van der Waals surface area contributed by atoms with Crippen molar-refractivity contribution in [3.63, 3.8) is 0 Å². The number of halogens is 1. The van der Waals surface area contributed by atoms with Gasteiger partial charge in [-0.2, -0.15) is 5.10 Å². The summed E-state index contributed by atoms with van der Waals surface area (Å²) in [5.41, 5.74) is 3.49. The molecule has 0 aliphatic carbocycles. The smallest absolute Gasteiger partial charge is 0.131 e. The summed E-state index contributed by atoms with van der Waals surface area (Å²) in [6.07, 6.45) is 1.13. The molecule has 0 N–H and O–H groups in total. The van der Waals surface area contributed by atoms with Gasteiger partial charge in [0.25, 0.3) is 0 Å². The lowest BCUT2D eigenvalue weighted by Gasteiger charge is -2.21. The van der Waals surface area contributed by atoms with E-state index in [0.29, 0.717) is 0 Å². The van der Waals surface area contributed by atoms with Gasteiger partial charge in [-0.05, 0) is 25.5 Å². The van der Waals surface area contributed by atoms with Crippen LogP contribution in [0.25, 0.3) is 0 Å². The Morgan fingerprint density at radius 2 is 1.90 bits per heavy atom. The van der Waals surface area contributed by atoms with Crippen LogP contribution >= 0.6 is 11.6 Å². The summed E-state index contributed by atoms with van der Waals surface area (Å²) >= 11 is 6.34. The van der Waals surface area contributed by atoms with Crippen molar-refractivity contribution >= 4 is 11.6 Å². The van der Waals surface area contributed by atoms with Gasteiger partial charge >= 0.3 is 0 Å². The number of aryl methyl sites for hydroxylation is 2. The zero-order valence-electron chi connectivity index (χ0n) is 12.4. The fourth-order valence-corrected chi connectivity index (χ4v) is 2.68. The number of hydrogen-bond donors (Lipinski definition) is 0. The van der Waals surface area contributed by atoms with Gasteiger partial charge in [-0.25, -0.2) is 0 Å². The fraction of sp³-hybridized carbons (Fsp3) is 0.438. The van der Waals surface area contributed by atoms with Crippen molar-refractivity contribution in [2.24, 2.45) is 7.05 Å². The van der Waals surface area contributed by atoms with E-state index in [1.165, 1.54) is 5.56 Å². The van der Waals surface area contributed by atoms with Crippen LogP contribution in [0, 0.1) is 6.92 Å². The van der Waals surface area contributed by atoms with Gasteiger partial charge in [-0.1, -0.05) is 48.9 Å². The van der Waals surface area contributed by atoms with E-state index in [9.17, 15) is 0 Å². The van der Waals surface area contributed by atoms with Crippen LogP contribution in [0.4, 0.5) is 0 Å². The molecular formula is C16H22ClN3. The second-order valence-electron chi connectivity index (χ2n) is 5.17. The van der Waals surface area contributed by atoms with Crippen LogP contribution in [0.1, 0.15) is 30.2 Å². The molecule has 0 radical (unpaired) electrons. The Kier molecular flexibility index (Phi) is 5.21. The highest BCUT2D eigenvalue weighted by atomic mass is 35.5. The first-order valence-electron chi connectivity index (χ1n) is 7.06. The Labute approximate surface area is 126 Å². The monoisotopic (exact) mass is 291 g/mol. The zero-order chi connectivity index (χ0) is 14.5. The lowest BCUT2D eigenvalue weighted by atomic mass is 10.2. The minimum atomic E-state index is 0.747. The SMILES string of the molecule is CCCN(Cc1ccccc1)Cc1c(C)nn(C)c1Cl. The molecule has 0 aliphatic rings. The molecule has 1 aromatic carbocycles. The summed E-state index contributed by atoms with van der Waals surface area (Å²) < 4.78 is 1.75. The molecule has 0 bridgehead atoms. The molecule has 1 heterocycles. The van der Waals surface area contributed by atoms with E-state index in [1.54, 1.807) is 4.68 Å². The molecule has 0 saturated carbocycles. The molecule has 0 unspecified atom stereocenters.